The average Bonchev–Trinajstić information content (AvgIpc) is 3.08. The van der Waals surface area contributed by atoms with Gasteiger partial charge in [0.1, 0.15) is 11.5 Å². The van der Waals surface area contributed by atoms with E-state index in [9.17, 15) is 5.26 Å². The van der Waals surface area contributed by atoms with Crippen molar-refractivity contribution in [2.24, 2.45) is 0 Å². The summed E-state index contributed by atoms with van der Waals surface area (Å²) >= 11 is 0. The van der Waals surface area contributed by atoms with E-state index >= 15 is 0 Å². The molecule has 0 spiro atoms. The molecule has 0 N–H and O–H groups in total. The Kier molecular flexibility index (Phi) is 5.00. The molecule has 0 saturated carbocycles. The Morgan fingerprint density at radius 1 is 0.419 bits per heavy atom. The van der Waals surface area contributed by atoms with Gasteiger partial charge in [0.05, 0.1) is 11.6 Å². The number of fused-ring (bicyclic) bond motifs is 7. The number of hydrogen-bond acceptors (Lipinski definition) is 2. The van der Waals surface area contributed by atoms with Crippen LogP contribution in [0.5, 0.6) is 11.5 Å². The number of benzene rings is 8. The van der Waals surface area contributed by atoms with Crippen LogP contribution >= 0.6 is 0 Å². The highest BCUT2D eigenvalue weighted by atomic mass is 16.5. The zero-order valence-corrected chi connectivity index (χ0v) is 23.1. The molecule has 198 valence electrons. The van der Waals surface area contributed by atoms with Crippen LogP contribution in [0.2, 0.25) is 0 Å². The monoisotopic (exact) mass is 545 g/mol. The van der Waals surface area contributed by atoms with Crippen molar-refractivity contribution < 1.29 is 4.74 Å². The quantitative estimate of drug-likeness (QED) is 0.202. The van der Waals surface area contributed by atoms with Crippen LogP contribution in [0.3, 0.4) is 0 Å². The topological polar surface area (TPSA) is 33.0 Å². The van der Waals surface area contributed by atoms with Gasteiger partial charge in [0.25, 0.3) is 0 Å². The van der Waals surface area contributed by atoms with Crippen LogP contribution in [0.25, 0.3) is 76.5 Å². The number of nitrogens with zero attached hydrogens (tertiary/aromatic N) is 1. The molecule has 0 saturated heterocycles. The maximum atomic E-state index is 9.61. The second-order valence-electron chi connectivity index (χ2n) is 11.2. The average molecular weight is 546 g/mol. The van der Waals surface area contributed by atoms with Crippen LogP contribution in [0.15, 0.2) is 140 Å². The standard InChI is InChI=1S/C41H23NO/c42-24-29-18-21-39-41-31(29)10-5-11-36(41)35-20-17-28(22-40(35)43-39)25-12-14-27(15-13-25)37-23-38-30-7-2-1-6-26(30)16-19-34(38)32-8-3-4-9-33(32)37/h1-23H. The van der Waals surface area contributed by atoms with Gasteiger partial charge < -0.3 is 4.74 Å². The van der Waals surface area contributed by atoms with Crippen LogP contribution in [0, 0.1) is 11.3 Å². The molecule has 0 fully saturated rings. The lowest BCUT2D eigenvalue weighted by atomic mass is 9.90. The van der Waals surface area contributed by atoms with Crippen molar-refractivity contribution in [2.75, 3.05) is 0 Å². The summed E-state index contributed by atoms with van der Waals surface area (Å²) in [6.45, 7) is 0. The molecule has 9 rings (SSSR count). The van der Waals surface area contributed by atoms with Gasteiger partial charge in [0.2, 0.25) is 0 Å². The lowest BCUT2D eigenvalue weighted by Gasteiger charge is -2.22. The Balaban J connectivity index is 1.15. The lowest BCUT2D eigenvalue weighted by molar-refractivity contribution is 0.487. The Morgan fingerprint density at radius 2 is 1.14 bits per heavy atom. The van der Waals surface area contributed by atoms with E-state index in [2.05, 4.69) is 121 Å². The molecular formula is C41H23NO. The predicted octanol–water partition coefficient (Wildman–Crippen LogP) is 11.3. The minimum atomic E-state index is 0.664. The summed E-state index contributed by atoms with van der Waals surface area (Å²) in [7, 11) is 0. The van der Waals surface area contributed by atoms with Gasteiger partial charge in [0.15, 0.2) is 0 Å². The molecule has 0 atom stereocenters. The zero-order chi connectivity index (χ0) is 28.5. The van der Waals surface area contributed by atoms with Gasteiger partial charge in [0, 0.05) is 16.3 Å². The van der Waals surface area contributed by atoms with Crippen molar-refractivity contribution in [2.45, 2.75) is 0 Å². The third-order valence-electron chi connectivity index (χ3n) is 8.91. The number of ether oxygens (including phenoxy) is 1. The first-order valence-corrected chi connectivity index (χ1v) is 14.5. The second kappa shape index (κ2) is 9.05. The van der Waals surface area contributed by atoms with Crippen LogP contribution in [-0.4, -0.2) is 0 Å². The molecule has 43 heavy (non-hydrogen) atoms. The largest absolute Gasteiger partial charge is 0.456 e. The fourth-order valence-electron chi connectivity index (χ4n) is 6.85. The molecule has 1 aliphatic rings. The van der Waals surface area contributed by atoms with E-state index in [1.807, 2.05) is 24.3 Å². The molecule has 1 aliphatic heterocycles. The molecule has 8 aromatic rings. The van der Waals surface area contributed by atoms with E-state index in [-0.39, 0.29) is 0 Å². The number of nitriles is 1. The highest BCUT2D eigenvalue weighted by Gasteiger charge is 2.22. The molecule has 1 heterocycles. The third kappa shape index (κ3) is 3.52. The Bertz CT molecular complexity index is 2480. The van der Waals surface area contributed by atoms with Crippen LogP contribution in [0.1, 0.15) is 5.56 Å². The summed E-state index contributed by atoms with van der Waals surface area (Å²) in [4.78, 5) is 0. The van der Waals surface area contributed by atoms with Crippen molar-refractivity contribution in [3.63, 3.8) is 0 Å². The highest BCUT2D eigenvalue weighted by Crippen LogP contribution is 2.48. The molecule has 0 aliphatic carbocycles. The zero-order valence-electron chi connectivity index (χ0n) is 23.1. The van der Waals surface area contributed by atoms with Gasteiger partial charge in [-0.05, 0) is 90.5 Å². The Morgan fingerprint density at radius 3 is 2.00 bits per heavy atom. The molecule has 0 unspecified atom stereocenters. The molecule has 0 aromatic heterocycles. The fraction of sp³-hybridized carbons (Fsp3) is 0. The summed E-state index contributed by atoms with van der Waals surface area (Å²) in [6, 6.07) is 51.7. The third-order valence-corrected chi connectivity index (χ3v) is 8.91. The van der Waals surface area contributed by atoms with Gasteiger partial charge in [-0.3, -0.25) is 0 Å². The van der Waals surface area contributed by atoms with Gasteiger partial charge in [-0.25, -0.2) is 0 Å². The predicted molar refractivity (Wildman–Crippen MR) is 178 cm³/mol. The van der Waals surface area contributed by atoms with Crippen LogP contribution < -0.4 is 4.74 Å². The second-order valence-corrected chi connectivity index (χ2v) is 11.2. The SMILES string of the molecule is N#Cc1ccc2c3c(cccc13)-c1ccc(-c3ccc(-c4cc5c6ccccc6ccc5c5ccccc45)cc3)cc1O2. The van der Waals surface area contributed by atoms with Crippen LogP contribution in [0.4, 0.5) is 0 Å². The van der Waals surface area contributed by atoms with Crippen molar-refractivity contribution in [3.8, 4) is 50.9 Å². The van der Waals surface area contributed by atoms with E-state index in [1.54, 1.807) is 0 Å². The van der Waals surface area contributed by atoms with E-state index in [0.717, 1.165) is 44.5 Å². The molecular weight excluding hydrogens is 522 g/mol. The first-order valence-electron chi connectivity index (χ1n) is 14.5. The first-order chi connectivity index (χ1) is 21.3. The fourth-order valence-corrected chi connectivity index (χ4v) is 6.85. The summed E-state index contributed by atoms with van der Waals surface area (Å²) < 4.78 is 6.42. The van der Waals surface area contributed by atoms with Crippen molar-refractivity contribution in [1.82, 2.24) is 0 Å². The summed E-state index contributed by atoms with van der Waals surface area (Å²) in [6.07, 6.45) is 0. The molecule has 0 bridgehead atoms. The van der Waals surface area contributed by atoms with Crippen LogP contribution in [-0.2, 0) is 0 Å². The van der Waals surface area contributed by atoms with E-state index in [0.29, 0.717) is 5.56 Å². The summed E-state index contributed by atoms with van der Waals surface area (Å²) in [5.74, 6) is 1.62. The van der Waals surface area contributed by atoms with Crippen molar-refractivity contribution >= 4 is 43.1 Å². The normalized spacial score (nSPS) is 11.9. The van der Waals surface area contributed by atoms with Gasteiger partial charge >= 0.3 is 0 Å². The van der Waals surface area contributed by atoms with Gasteiger partial charge in [-0.15, -0.1) is 0 Å². The summed E-state index contributed by atoms with van der Waals surface area (Å²) in [5, 5.41) is 19.2. The lowest BCUT2D eigenvalue weighted by Crippen LogP contribution is -1.98. The van der Waals surface area contributed by atoms with Crippen molar-refractivity contribution in [3.05, 3.63) is 145 Å². The van der Waals surface area contributed by atoms with E-state index in [4.69, 9.17) is 4.74 Å². The minimum absolute atomic E-state index is 0.664. The molecule has 2 nitrogen and oxygen atoms in total. The Hall–Kier alpha value is -5.91. The maximum Gasteiger partial charge on any atom is 0.136 e. The molecule has 2 heteroatoms. The number of hydrogen-bond donors (Lipinski definition) is 0. The Labute approximate surface area is 248 Å². The van der Waals surface area contributed by atoms with E-state index in [1.165, 1.54) is 43.4 Å². The van der Waals surface area contributed by atoms with Gasteiger partial charge in [-0.1, -0.05) is 109 Å². The highest BCUT2D eigenvalue weighted by molar-refractivity contribution is 6.21. The van der Waals surface area contributed by atoms with Crippen molar-refractivity contribution in [1.29, 1.82) is 5.26 Å². The van der Waals surface area contributed by atoms with Gasteiger partial charge in [-0.2, -0.15) is 5.26 Å². The smallest absolute Gasteiger partial charge is 0.136 e. The molecule has 8 aromatic carbocycles. The summed E-state index contributed by atoms with van der Waals surface area (Å²) in [5.41, 5.74) is 7.47. The van der Waals surface area contributed by atoms with E-state index < -0.39 is 0 Å². The number of rotatable bonds is 2. The first kappa shape index (κ1) is 23.8. The molecule has 0 amide bonds. The molecule has 0 radical (unpaired) electrons. The minimum Gasteiger partial charge on any atom is -0.456 e. The maximum absolute atomic E-state index is 9.61.